The van der Waals surface area contributed by atoms with E-state index in [0.29, 0.717) is 26.2 Å². The molecule has 2 aromatic carbocycles. The molecule has 0 unspecified atom stereocenters. The third kappa shape index (κ3) is 4.82. The molecule has 0 saturated carbocycles. The first kappa shape index (κ1) is 22.8. The maximum atomic E-state index is 13.6. The Labute approximate surface area is 203 Å². The van der Waals surface area contributed by atoms with E-state index >= 15 is 0 Å². The van der Waals surface area contributed by atoms with Crippen LogP contribution in [-0.2, 0) is 4.74 Å². The Bertz CT molecular complexity index is 1340. The molecule has 2 aromatic heterocycles. The zero-order valence-corrected chi connectivity index (χ0v) is 20.1. The van der Waals surface area contributed by atoms with Crippen LogP contribution in [0.1, 0.15) is 20.8 Å². The van der Waals surface area contributed by atoms with Crippen LogP contribution in [0.25, 0.3) is 28.1 Å². The highest BCUT2D eigenvalue weighted by molar-refractivity contribution is 5.86. The van der Waals surface area contributed by atoms with Gasteiger partial charge >= 0.3 is 6.09 Å². The second kappa shape index (κ2) is 9.02. The summed E-state index contributed by atoms with van der Waals surface area (Å²) in [5.41, 5.74) is 4.09. The van der Waals surface area contributed by atoms with Crippen molar-refractivity contribution in [2.45, 2.75) is 26.4 Å². The standard InChI is InChI=1S/C27H28FN5O2/c1-27(2,3)35-26(34)32-16-14-31(15-17-32)22-8-9-23-24(18-22)33(21-10-12-29-13-11-21)25(30-23)19-4-6-20(28)7-5-19/h4-13,18H,14-17H2,1-3H3. The van der Waals surface area contributed by atoms with Gasteiger partial charge in [-0.3, -0.25) is 9.55 Å². The van der Waals surface area contributed by atoms with Gasteiger partial charge < -0.3 is 14.5 Å². The van der Waals surface area contributed by atoms with Gasteiger partial charge in [-0.05, 0) is 75.4 Å². The molecule has 0 aliphatic carbocycles. The van der Waals surface area contributed by atoms with Gasteiger partial charge in [-0.25, -0.2) is 14.2 Å². The summed E-state index contributed by atoms with van der Waals surface area (Å²) in [4.78, 5) is 25.5. The summed E-state index contributed by atoms with van der Waals surface area (Å²) >= 11 is 0. The third-order valence-corrected chi connectivity index (χ3v) is 5.96. The molecule has 0 atom stereocenters. The number of amides is 1. The van der Waals surface area contributed by atoms with E-state index in [1.165, 1.54) is 12.1 Å². The number of hydrogen-bond donors (Lipinski definition) is 0. The number of carbonyl (C=O) groups excluding carboxylic acids is 1. The minimum absolute atomic E-state index is 0.271. The van der Waals surface area contributed by atoms with Crippen molar-refractivity contribution >= 4 is 22.8 Å². The Kier molecular flexibility index (Phi) is 5.88. The average Bonchev–Trinajstić information content (AvgIpc) is 3.23. The number of ether oxygens (including phenoxy) is 1. The fourth-order valence-corrected chi connectivity index (χ4v) is 4.28. The molecule has 1 amide bonds. The molecule has 0 radical (unpaired) electrons. The Morgan fingerprint density at radius 1 is 0.914 bits per heavy atom. The van der Waals surface area contributed by atoms with Crippen molar-refractivity contribution in [2.75, 3.05) is 31.1 Å². The number of carbonyl (C=O) groups is 1. The molecule has 0 spiro atoms. The summed E-state index contributed by atoms with van der Waals surface area (Å²) in [6.07, 6.45) is 3.22. The van der Waals surface area contributed by atoms with Crippen LogP contribution >= 0.6 is 0 Å². The molecule has 0 bridgehead atoms. The van der Waals surface area contributed by atoms with Gasteiger partial charge in [0.15, 0.2) is 0 Å². The first-order chi connectivity index (χ1) is 16.8. The maximum Gasteiger partial charge on any atom is 0.410 e. The quantitative estimate of drug-likeness (QED) is 0.405. The van der Waals surface area contributed by atoms with E-state index in [1.54, 1.807) is 29.4 Å². The predicted molar refractivity (Wildman–Crippen MR) is 134 cm³/mol. The Balaban J connectivity index is 1.47. The molecule has 7 nitrogen and oxygen atoms in total. The highest BCUT2D eigenvalue weighted by atomic mass is 19.1. The summed E-state index contributed by atoms with van der Waals surface area (Å²) in [6.45, 7) is 8.24. The molecule has 4 aromatic rings. The molecule has 8 heteroatoms. The van der Waals surface area contributed by atoms with Gasteiger partial charge in [-0.1, -0.05) is 0 Å². The second-order valence-corrected chi connectivity index (χ2v) is 9.61. The van der Waals surface area contributed by atoms with Crippen molar-refractivity contribution in [1.29, 1.82) is 0 Å². The molecule has 1 aliphatic heterocycles. The molecule has 1 saturated heterocycles. The number of anilines is 1. The molecule has 5 rings (SSSR count). The fourth-order valence-electron chi connectivity index (χ4n) is 4.28. The zero-order valence-electron chi connectivity index (χ0n) is 20.1. The topological polar surface area (TPSA) is 63.5 Å². The van der Waals surface area contributed by atoms with Crippen molar-refractivity contribution in [3.8, 4) is 17.1 Å². The molecule has 35 heavy (non-hydrogen) atoms. The maximum absolute atomic E-state index is 13.6. The number of aromatic nitrogens is 3. The van der Waals surface area contributed by atoms with E-state index in [2.05, 4.69) is 26.6 Å². The third-order valence-electron chi connectivity index (χ3n) is 5.96. The van der Waals surface area contributed by atoms with Crippen LogP contribution in [0.4, 0.5) is 14.9 Å². The number of halogens is 1. The Hall–Kier alpha value is -3.94. The van der Waals surface area contributed by atoms with Gasteiger partial charge in [0.25, 0.3) is 0 Å². The first-order valence-electron chi connectivity index (χ1n) is 11.7. The van der Waals surface area contributed by atoms with Crippen LogP contribution in [0.5, 0.6) is 0 Å². The highest BCUT2D eigenvalue weighted by Crippen LogP contribution is 2.31. The zero-order chi connectivity index (χ0) is 24.6. The smallest absolute Gasteiger partial charge is 0.410 e. The molecule has 0 N–H and O–H groups in total. The van der Waals surface area contributed by atoms with Crippen molar-refractivity contribution in [3.05, 3.63) is 72.8 Å². The van der Waals surface area contributed by atoms with E-state index in [-0.39, 0.29) is 11.9 Å². The molecule has 180 valence electrons. The van der Waals surface area contributed by atoms with Crippen molar-refractivity contribution < 1.29 is 13.9 Å². The number of fused-ring (bicyclic) bond motifs is 1. The van der Waals surface area contributed by atoms with Crippen LogP contribution in [0.3, 0.4) is 0 Å². The van der Waals surface area contributed by atoms with Crippen LogP contribution in [0.15, 0.2) is 67.0 Å². The lowest BCUT2D eigenvalue weighted by atomic mass is 10.2. The van der Waals surface area contributed by atoms with E-state index in [9.17, 15) is 9.18 Å². The number of pyridine rings is 1. The van der Waals surface area contributed by atoms with Gasteiger partial charge in [0, 0.05) is 49.8 Å². The van der Waals surface area contributed by atoms with Crippen LogP contribution in [0, 0.1) is 5.82 Å². The number of hydrogen-bond acceptors (Lipinski definition) is 5. The molecule has 1 fully saturated rings. The molecule has 3 heterocycles. The van der Waals surface area contributed by atoms with Gasteiger partial charge in [-0.2, -0.15) is 0 Å². The van der Waals surface area contributed by atoms with E-state index < -0.39 is 5.60 Å². The van der Waals surface area contributed by atoms with E-state index in [4.69, 9.17) is 9.72 Å². The van der Waals surface area contributed by atoms with Gasteiger partial charge in [0.05, 0.1) is 16.7 Å². The average molecular weight is 474 g/mol. The van der Waals surface area contributed by atoms with Gasteiger partial charge in [-0.15, -0.1) is 0 Å². The minimum atomic E-state index is -0.507. The predicted octanol–water partition coefficient (Wildman–Crippen LogP) is 5.28. The molecule has 1 aliphatic rings. The number of nitrogens with zero attached hydrogens (tertiary/aromatic N) is 5. The lowest BCUT2D eigenvalue weighted by molar-refractivity contribution is 0.0240. The summed E-state index contributed by atoms with van der Waals surface area (Å²) in [7, 11) is 0. The first-order valence-corrected chi connectivity index (χ1v) is 11.7. The summed E-state index contributed by atoms with van der Waals surface area (Å²) in [6, 6.07) is 16.4. The van der Waals surface area contributed by atoms with E-state index in [0.717, 1.165) is 33.8 Å². The van der Waals surface area contributed by atoms with Crippen molar-refractivity contribution in [2.24, 2.45) is 0 Å². The van der Waals surface area contributed by atoms with Crippen LogP contribution in [-0.4, -0.2) is 57.3 Å². The molecular formula is C27H28FN5O2. The van der Waals surface area contributed by atoms with Gasteiger partial charge in [0.1, 0.15) is 17.2 Å². The second-order valence-electron chi connectivity index (χ2n) is 9.61. The number of benzene rings is 2. The van der Waals surface area contributed by atoms with Crippen LogP contribution in [0.2, 0.25) is 0 Å². The van der Waals surface area contributed by atoms with Gasteiger partial charge in [0.2, 0.25) is 0 Å². The Morgan fingerprint density at radius 3 is 2.26 bits per heavy atom. The Morgan fingerprint density at radius 2 is 1.60 bits per heavy atom. The summed E-state index contributed by atoms with van der Waals surface area (Å²) in [5.74, 6) is 0.450. The lowest BCUT2D eigenvalue weighted by Gasteiger charge is -2.36. The number of piperazine rings is 1. The minimum Gasteiger partial charge on any atom is -0.444 e. The van der Waals surface area contributed by atoms with Crippen molar-refractivity contribution in [3.63, 3.8) is 0 Å². The largest absolute Gasteiger partial charge is 0.444 e. The lowest BCUT2D eigenvalue weighted by Crippen LogP contribution is -2.50. The number of rotatable bonds is 3. The van der Waals surface area contributed by atoms with Crippen LogP contribution < -0.4 is 4.90 Å². The SMILES string of the molecule is CC(C)(C)OC(=O)N1CCN(c2ccc3nc(-c4ccc(F)cc4)n(-c4ccncc4)c3c2)CC1. The van der Waals surface area contributed by atoms with E-state index in [1.807, 2.05) is 39.0 Å². The monoisotopic (exact) mass is 473 g/mol. The highest BCUT2D eigenvalue weighted by Gasteiger charge is 2.26. The number of imidazole rings is 1. The van der Waals surface area contributed by atoms with Crippen molar-refractivity contribution in [1.82, 2.24) is 19.4 Å². The summed E-state index contributed by atoms with van der Waals surface area (Å²) in [5, 5.41) is 0. The molecular weight excluding hydrogens is 445 g/mol. The summed E-state index contributed by atoms with van der Waals surface area (Å²) < 4.78 is 21.2. The normalized spacial score (nSPS) is 14.4. The fraction of sp³-hybridized carbons (Fsp3) is 0.296.